The van der Waals surface area contributed by atoms with Gasteiger partial charge < -0.3 is 4.90 Å². The van der Waals surface area contributed by atoms with Crippen LogP contribution in [0.5, 0.6) is 0 Å². The van der Waals surface area contributed by atoms with Gasteiger partial charge in [-0.25, -0.2) is 0 Å². The standard InChI is InChI=1S/C18H22N4O3/c1-20(16-7-3-2-4-8-16)18(23)13-21-12-15(11-19-21)14-6-5-9-17(10-14)22(24)25/h5-6,9-12,16H,2-4,7-8,13H2,1H3. The second-order valence-electron chi connectivity index (χ2n) is 6.53. The lowest BCUT2D eigenvalue weighted by Gasteiger charge is -2.31. The molecule has 0 aliphatic heterocycles. The molecule has 132 valence electrons. The SMILES string of the molecule is CN(C(=O)Cn1cc(-c2cccc([N+](=O)[O-])c2)cn1)C1CCCCC1. The molecule has 1 saturated carbocycles. The molecule has 7 nitrogen and oxygen atoms in total. The number of carbonyl (C=O) groups excluding carboxylic acids is 1. The first-order valence-corrected chi connectivity index (χ1v) is 8.57. The van der Waals surface area contributed by atoms with Crippen LogP contribution >= 0.6 is 0 Å². The summed E-state index contributed by atoms with van der Waals surface area (Å²) in [7, 11) is 1.86. The molecule has 0 atom stereocenters. The monoisotopic (exact) mass is 342 g/mol. The van der Waals surface area contributed by atoms with Crippen LogP contribution in [0.2, 0.25) is 0 Å². The summed E-state index contributed by atoms with van der Waals surface area (Å²) in [6.45, 7) is 0.182. The van der Waals surface area contributed by atoms with Crippen molar-refractivity contribution in [3.05, 3.63) is 46.8 Å². The fraction of sp³-hybridized carbons (Fsp3) is 0.444. The average molecular weight is 342 g/mol. The van der Waals surface area contributed by atoms with Crippen LogP contribution in [0, 0.1) is 10.1 Å². The van der Waals surface area contributed by atoms with E-state index >= 15 is 0 Å². The molecule has 1 aromatic heterocycles. The number of nitro benzene ring substituents is 1. The summed E-state index contributed by atoms with van der Waals surface area (Å²) < 4.78 is 1.59. The third-order valence-corrected chi connectivity index (χ3v) is 4.84. The summed E-state index contributed by atoms with van der Waals surface area (Å²) in [5.41, 5.74) is 1.52. The van der Waals surface area contributed by atoms with E-state index in [0.29, 0.717) is 11.6 Å². The molecule has 0 radical (unpaired) electrons. The largest absolute Gasteiger partial charge is 0.341 e. The average Bonchev–Trinajstić information content (AvgIpc) is 3.10. The highest BCUT2D eigenvalue weighted by atomic mass is 16.6. The van der Waals surface area contributed by atoms with Gasteiger partial charge in [0, 0.05) is 37.0 Å². The molecule has 1 fully saturated rings. The molecule has 1 heterocycles. The maximum Gasteiger partial charge on any atom is 0.270 e. The quantitative estimate of drug-likeness (QED) is 0.617. The minimum atomic E-state index is -0.420. The van der Waals surface area contributed by atoms with Crippen LogP contribution < -0.4 is 0 Å². The first-order valence-electron chi connectivity index (χ1n) is 8.57. The highest BCUT2D eigenvalue weighted by Gasteiger charge is 2.22. The second kappa shape index (κ2) is 7.46. The third-order valence-electron chi connectivity index (χ3n) is 4.84. The number of hydrogen-bond donors (Lipinski definition) is 0. The number of likely N-dealkylation sites (N-methyl/N-ethyl adjacent to an activating group) is 1. The lowest BCUT2D eigenvalue weighted by Crippen LogP contribution is -2.40. The highest BCUT2D eigenvalue weighted by Crippen LogP contribution is 2.24. The lowest BCUT2D eigenvalue weighted by molar-refractivity contribution is -0.384. The Kier molecular flexibility index (Phi) is 5.11. The molecule has 1 aliphatic carbocycles. The molecule has 0 bridgehead atoms. The van der Waals surface area contributed by atoms with E-state index in [1.165, 1.54) is 31.4 Å². The number of nitrogens with zero attached hydrogens (tertiary/aromatic N) is 4. The zero-order valence-corrected chi connectivity index (χ0v) is 14.3. The molecule has 0 saturated heterocycles. The van der Waals surface area contributed by atoms with E-state index in [1.54, 1.807) is 29.2 Å². The van der Waals surface area contributed by atoms with Gasteiger partial charge in [0.2, 0.25) is 5.91 Å². The normalized spacial score (nSPS) is 15.1. The van der Waals surface area contributed by atoms with Crippen LogP contribution in [0.15, 0.2) is 36.7 Å². The zero-order valence-electron chi connectivity index (χ0n) is 14.3. The fourth-order valence-electron chi connectivity index (χ4n) is 3.32. The molecular weight excluding hydrogens is 320 g/mol. The Morgan fingerprint density at radius 2 is 2.08 bits per heavy atom. The number of carbonyl (C=O) groups is 1. The minimum Gasteiger partial charge on any atom is -0.341 e. The van der Waals surface area contributed by atoms with Crippen molar-refractivity contribution in [1.29, 1.82) is 0 Å². The van der Waals surface area contributed by atoms with E-state index in [4.69, 9.17) is 0 Å². The third kappa shape index (κ3) is 4.04. The number of rotatable bonds is 5. The molecule has 1 aromatic carbocycles. The first-order chi connectivity index (χ1) is 12.0. The molecular formula is C18H22N4O3. The van der Waals surface area contributed by atoms with Gasteiger partial charge in [-0.15, -0.1) is 0 Å². The van der Waals surface area contributed by atoms with E-state index < -0.39 is 4.92 Å². The van der Waals surface area contributed by atoms with E-state index in [0.717, 1.165) is 18.4 Å². The van der Waals surface area contributed by atoms with Crippen molar-refractivity contribution < 1.29 is 9.72 Å². The van der Waals surface area contributed by atoms with E-state index in [1.807, 2.05) is 11.9 Å². The van der Waals surface area contributed by atoms with Gasteiger partial charge in [0.15, 0.2) is 0 Å². The summed E-state index contributed by atoms with van der Waals surface area (Å²) in [6, 6.07) is 6.73. The number of aromatic nitrogens is 2. The van der Waals surface area contributed by atoms with Gasteiger partial charge in [0.25, 0.3) is 5.69 Å². The Morgan fingerprint density at radius 1 is 1.32 bits per heavy atom. The Hall–Kier alpha value is -2.70. The number of benzene rings is 1. The van der Waals surface area contributed by atoms with Crippen LogP contribution in [-0.4, -0.2) is 38.6 Å². The smallest absolute Gasteiger partial charge is 0.270 e. The lowest BCUT2D eigenvalue weighted by atomic mass is 9.94. The van der Waals surface area contributed by atoms with Gasteiger partial charge in [-0.05, 0) is 18.4 Å². The Labute approximate surface area is 146 Å². The van der Waals surface area contributed by atoms with E-state index in [2.05, 4.69) is 5.10 Å². The molecule has 0 N–H and O–H groups in total. The number of non-ortho nitro benzene ring substituents is 1. The second-order valence-corrected chi connectivity index (χ2v) is 6.53. The molecule has 1 amide bonds. The predicted octanol–water partition coefficient (Wildman–Crippen LogP) is 3.25. The van der Waals surface area contributed by atoms with Crippen LogP contribution in [0.25, 0.3) is 11.1 Å². The van der Waals surface area contributed by atoms with Crippen LogP contribution in [0.3, 0.4) is 0 Å². The topological polar surface area (TPSA) is 81.3 Å². The minimum absolute atomic E-state index is 0.0401. The highest BCUT2D eigenvalue weighted by molar-refractivity contribution is 5.76. The number of hydrogen-bond acceptors (Lipinski definition) is 4. The van der Waals surface area contributed by atoms with Gasteiger partial charge in [0.05, 0.1) is 11.1 Å². The summed E-state index contributed by atoms with van der Waals surface area (Å²) in [5.74, 6) is 0.0422. The number of nitro groups is 1. The molecule has 7 heteroatoms. The summed E-state index contributed by atoms with van der Waals surface area (Å²) in [6.07, 6.45) is 9.14. The first kappa shape index (κ1) is 17.1. The van der Waals surface area contributed by atoms with Crippen molar-refractivity contribution in [1.82, 2.24) is 14.7 Å². The van der Waals surface area contributed by atoms with E-state index in [9.17, 15) is 14.9 Å². The van der Waals surface area contributed by atoms with Gasteiger partial charge in [-0.1, -0.05) is 31.4 Å². The molecule has 0 spiro atoms. The van der Waals surface area contributed by atoms with Gasteiger partial charge >= 0.3 is 0 Å². The molecule has 1 aliphatic rings. The van der Waals surface area contributed by atoms with Crippen LogP contribution in [-0.2, 0) is 11.3 Å². The number of amides is 1. The Balaban J connectivity index is 1.68. The maximum absolute atomic E-state index is 12.5. The van der Waals surface area contributed by atoms with E-state index in [-0.39, 0.29) is 18.1 Å². The molecule has 3 rings (SSSR count). The van der Waals surface area contributed by atoms with Crippen molar-refractivity contribution in [2.45, 2.75) is 44.7 Å². The van der Waals surface area contributed by atoms with Gasteiger partial charge in [0.1, 0.15) is 6.54 Å². The predicted molar refractivity (Wildman–Crippen MR) is 94.0 cm³/mol. The van der Waals surface area contributed by atoms with Crippen molar-refractivity contribution in [3.8, 4) is 11.1 Å². The molecule has 2 aromatic rings. The van der Waals surface area contributed by atoms with Gasteiger partial charge in [-0.2, -0.15) is 5.10 Å². The summed E-state index contributed by atoms with van der Waals surface area (Å²) >= 11 is 0. The van der Waals surface area contributed by atoms with Crippen molar-refractivity contribution in [2.24, 2.45) is 0 Å². The Bertz CT molecular complexity index is 765. The molecule has 0 unspecified atom stereocenters. The zero-order chi connectivity index (χ0) is 17.8. The fourth-order valence-corrected chi connectivity index (χ4v) is 3.32. The van der Waals surface area contributed by atoms with Gasteiger partial charge in [-0.3, -0.25) is 19.6 Å². The summed E-state index contributed by atoms with van der Waals surface area (Å²) in [4.78, 5) is 24.8. The van der Waals surface area contributed by atoms with Crippen LogP contribution in [0.4, 0.5) is 5.69 Å². The maximum atomic E-state index is 12.5. The van der Waals surface area contributed by atoms with Crippen molar-refractivity contribution >= 4 is 11.6 Å². The summed E-state index contributed by atoms with van der Waals surface area (Å²) in [5, 5.41) is 15.1. The van der Waals surface area contributed by atoms with Crippen LogP contribution in [0.1, 0.15) is 32.1 Å². The molecule has 25 heavy (non-hydrogen) atoms. The Morgan fingerprint density at radius 3 is 2.80 bits per heavy atom. The van der Waals surface area contributed by atoms with Crippen molar-refractivity contribution in [2.75, 3.05) is 7.05 Å². The van der Waals surface area contributed by atoms with Crippen molar-refractivity contribution in [3.63, 3.8) is 0 Å².